The summed E-state index contributed by atoms with van der Waals surface area (Å²) in [5.41, 5.74) is 0.757. The first-order valence-corrected chi connectivity index (χ1v) is 6.32. The summed E-state index contributed by atoms with van der Waals surface area (Å²) in [6.07, 6.45) is 0.551. The number of hydrogen-bond donors (Lipinski definition) is 2. The van der Waals surface area contributed by atoms with Crippen molar-refractivity contribution in [3.63, 3.8) is 0 Å². The zero-order valence-electron chi connectivity index (χ0n) is 11.1. The van der Waals surface area contributed by atoms with E-state index >= 15 is 0 Å². The molecule has 2 amide bonds. The lowest BCUT2D eigenvalue weighted by Crippen LogP contribution is -2.48. The molecule has 1 aromatic rings. The van der Waals surface area contributed by atoms with Crippen LogP contribution in [0.1, 0.15) is 32.8 Å². The number of fused-ring (bicyclic) bond motifs is 1. The Hall–Kier alpha value is -1.55. The molecular weight excluding hydrogens is 228 g/mol. The van der Waals surface area contributed by atoms with Gasteiger partial charge < -0.3 is 10.4 Å². The highest BCUT2D eigenvalue weighted by atomic mass is 16.3. The molecule has 1 aliphatic heterocycles. The van der Waals surface area contributed by atoms with E-state index in [4.69, 9.17) is 0 Å². The van der Waals surface area contributed by atoms with Gasteiger partial charge in [-0.3, -0.25) is 4.90 Å². The number of rotatable bonds is 1. The molecule has 0 aliphatic carbocycles. The second-order valence-electron chi connectivity index (χ2n) is 5.30. The van der Waals surface area contributed by atoms with E-state index < -0.39 is 5.60 Å². The zero-order chi connectivity index (χ0) is 13.3. The molecule has 0 aromatic heterocycles. The maximum atomic E-state index is 12.1. The Morgan fingerprint density at radius 1 is 1.44 bits per heavy atom. The topological polar surface area (TPSA) is 52.6 Å². The number of benzene rings is 1. The first kappa shape index (κ1) is 12.9. The Balaban J connectivity index is 2.34. The normalized spacial score (nSPS) is 22.8. The summed E-state index contributed by atoms with van der Waals surface area (Å²) in [5.74, 6) is 0. The van der Waals surface area contributed by atoms with E-state index in [0.717, 1.165) is 11.3 Å². The lowest BCUT2D eigenvalue weighted by molar-refractivity contribution is 0.0463. The number of carbonyl (C=O) groups is 1. The Morgan fingerprint density at radius 2 is 2.11 bits per heavy atom. The zero-order valence-corrected chi connectivity index (χ0v) is 11.1. The van der Waals surface area contributed by atoms with Crippen LogP contribution < -0.4 is 10.2 Å². The number of carbonyl (C=O) groups excluding carboxylic acids is 1. The summed E-state index contributed by atoms with van der Waals surface area (Å²) in [4.78, 5) is 13.8. The van der Waals surface area contributed by atoms with Crippen LogP contribution in [0.25, 0.3) is 0 Å². The molecule has 2 rings (SSSR count). The van der Waals surface area contributed by atoms with Gasteiger partial charge in [0.2, 0.25) is 0 Å². The number of amides is 2. The molecule has 0 bridgehead atoms. The minimum Gasteiger partial charge on any atom is -0.385 e. The lowest BCUT2D eigenvalue weighted by atomic mass is 9.87. The van der Waals surface area contributed by atoms with Crippen LogP contribution in [-0.4, -0.2) is 23.7 Å². The molecule has 0 radical (unpaired) electrons. The molecular formula is C14H20N2O2. The first-order chi connectivity index (χ1) is 8.42. The average molecular weight is 248 g/mol. The van der Waals surface area contributed by atoms with Crippen molar-refractivity contribution in [2.24, 2.45) is 0 Å². The molecule has 4 nitrogen and oxygen atoms in total. The molecule has 1 atom stereocenters. The van der Waals surface area contributed by atoms with Crippen molar-refractivity contribution in [1.29, 1.82) is 0 Å². The SMILES string of the molecule is CC(C)NC(=O)N1CCC(C)(O)c2ccccc21. The number of hydrogen-bond acceptors (Lipinski definition) is 2. The standard InChI is InChI=1S/C14H20N2O2/c1-10(2)15-13(17)16-9-8-14(3,18)11-6-4-5-7-12(11)16/h4-7,10,18H,8-9H2,1-3H3,(H,15,17). The third-order valence-electron chi connectivity index (χ3n) is 3.25. The summed E-state index contributed by atoms with van der Waals surface area (Å²) in [7, 11) is 0. The van der Waals surface area contributed by atoms with Crippen LogP contribution in [0.3, 0.4) is 0 Å². The van der Waals surface area contributed by atoms with Gasteiger partial charge in [-0.25, -0.2) is 4.79 Å². The number of urea groups is 1. The Morgan fingerprint density at radius 3 is 2.78 bits per heavy atom. The molecule has 1 unspecified atom stereocenters. The van der Waals surface area contributed by atoms with Crippen molar-refractivity contribution >= 4 is 11.7 Å². The summed E-state index contributed by atoms with van der Waals surface area (Å²) in [6.45, 7) is 6.19. The van der Waals surface area contributed by atoms with Crippen molar-refractivity contribution in [2.75, 3.05) is 11.4 Å². The molecule has 98 valence electrons. The van der Waals surface area contributed by atoms with Crippen molar-refractivity contribution < 1.29 is 9.90 Å². The number of para-hydroxylation sites is 1. The molecule has 0 fully saturated rings. The van der Waals surface area contributed by atoms with E-state index in [-0.39, 0.29) is 12.1 Å². The maximum Gasteiger partial charge on any atom is 0.322 e. The predicted molar refractivity (Wildman–Crippen MR) is 71.6 cm³/mol. The third-order valence-corrected chi connectivity index (χ3v) is 3.25. The van der Waals surface area contributed by atoms with Gasteiger partial charge in [-0.2, -0.15) is 0 Å². The van der Waals surface area contributed by atoms with Crippen LogP contribution in [0.5, 0.6) is 0 Å². The molecule has 1 heterocycles. The van der Waals surface area contributed by atoms with Crippen molar-refractivity contribution in [2.45, 2.75) is 38.8 Å². The van der Waals surface area contributed by atoms with E-state index in [1.54, 1.807) is 11.8 Å². The van der Waals surface area contributed by atoms with E-state index in [1.165, 1.54) is 0 Å². The molecule has 2 N–H and O–H groups in total. The summed E-state index contributed by atoms with van der Waals surface area (Å²) in [6, 6.07) is 7.53. The monoisotopic (exact) mass is 248 g/mol. The van der Waals surface area contributed by atoms with Gasteiger partial charge in [0, 0.05) is 18.2 Å². The van der Waals surface area contributed by atoms with Crippen molar-refractivity contribution in [3.8, 4) is 0 Å². The predicted octanol–water partition coefficient (Wildman–Crippen LogP) is 2.22. The Kier molecular flexibility index (Phi) is 3.30. The van der Waals surface area contributed by atoms with E-state index in [9.17, 15) is 9.90 Å². The van der Waals surface area contributed by atoms with Gasteiger partial charge >= 0.3 is 6.03 Å². The van der Waals surface area contributed by atoms with Crippen LogP contribution >= 0.6 is 0 Å². The van der Waals surface area contributed by atoms with Crippen molar-refractivity contribution in [3.05, 3.63) is 29.8 Å². The summed E-state index contributed by atoms with van der Waals surface area (Å²) in [5, 5.41) is 13.2. The fraction of sp³-hybridized carbons (Fsp3) is 0.500. The quantitative estimate of drug-likeness (QED) is 0.800. The van der Waals surface area contributed by atoms with Crippen LogP contribution in [-0.2, 0) is 5.60 Å². The van der Waals surface area contributed by atoms with Crippen LogP contribution in [0, 0.1) is 0 Å². The molecule has 0 saturated carbocycles. The van der Waals surface area contributed by atoms with E-state index in [2.05, 4.69) is 5.32 Å². The fourth-order valence-corrected chi connectivity index (χ4v) is 2.28. The first-order valence-electron chi connectivity index (χ1n) is 6.32. The van der Waals surface area contributed by atoms with Crippen LogP contribution in [0.4, 0.5) is 10.5 Å². The molecule has 1 aromatic carbocycles. The molecule has 4 heteroatoms. The highest BCUT2D eigenvalue weighted by Crippen LogP contribution is 2.37. The largest absolute Gasteiger partial charge is 0.385 e. The van der Waals surface area contributed by atoms with Gasteiger partial charge in [0.25, 0.3) is 0 Å². The smallest absolute Gasteiger partial charge is 0.322 e. The van der Waals surface area contributed by atoms with Gasteiger partial charge in [-0.15, -0.1) is 0 Å². The minimum absolute atomic E-state index is 0.104. The van der Waals surface area contributed by atoms with Gasteiger partial charge in [-0.1, -0.05) is 18.2 Å². The van der Waals surface area contributed by atoms with E-state index in [0.29, 0.717) is 13.0 Å². The molecule has 18 heavy (non-hydrogen) atoms. The van der Waals surface area contributed by atoms with Gasteiger partial charge in [0.05, 0.1) is 11.3 Å². The van der Waals surface area contributed by atoms with Gasteiger partial charge in [-0.05, 0) is 33.3 Å². The number of nitrogens with zero attached hydrogens (tertiary/aromatic N) is 1. The summed E-state index contributed by atoms with van der Waals surface area (Å²) < 4.78 is 0. The lowest BCUT2D eigenvalue weighted by Gasteiger charge is -2.38. The van der Waals surface area contributed by atoms with Crippen molar-refractivity contribution in [1.82, 2.24) is 5.32 Å². The number of nitrogens with one attached hydrogen (secondary N) is 1. The molecule has 0 saturated heterocycles. The average Bonchev–Trinajstić information content (AvgIpc) is 2.28. The fourth-order valence-electron chi connectivity index (χ4n) is 2.28. The van der Waals surface area contributed by atoms with E-state index in [1.807, 2.05) is 38.1 Å². The maximum absolute atomic E-state index is 12.1. The highest BCUT2D eigenvalue weighted by Gasteiger charge is 2.35. The Bertz CT molecular complexity index is 455. The number of anilines is 1. The third kappa shape index (κ3) is 2.34. The van der Waals surface area contributed by atoms with Gasteiger partial charge in [0.1, 0.15) is 0 Å². The molecule has 0 spiro atoms. The van der Waals surface area contributed by atoms with Crippen LogP contribution in [0.2, 0.25) is 0 Å². The summed E-state index contributed by atoms with van der Waals surface area (Å²) >= 11 is 0. The molecule has 1 aliphatic rings. The van der Waals surface area contributed by atoms with Crippen LogP contribution in [0.15, 0.2) is 24.3 Å². The Labute approximate surface area is 108 Å². The highest BCUT2D eigenvalue weighted by molar-refractivity contribution is 5.93. The minimum atomic E-state index is -0.856. The second-order valence-corrected chi connectivity index (χ2v) is 5.30. The second kappa shape index (κ2) is 4.61. The number of aliphatic hydroxyl groups is 1. The van der Waals surface area contributed by atoms with Gasteiger partial charge in [0.15, 0.2) is 0 Å².